The van der Waals surface area contributed by atoms with E-state index in [0.29, 0.717) is 12.1 Å². The molecule has 106 valence electrons. The van der Waals surface area contributed by atoms with E-state index in [9.17, 15) is 32.1 Å². The number of rotatable bonds is 4. The van der Waals surface area contributed by atoms with Gasteiger partial charge in [0.2, 0.25) is 0 Å². The van der Waals surface area contributed by atoms with Crippen LogP contribution in [-0.2, 0) is 12.3 Å². The molecule has 0 radical (unpaired) electrons. The van der Waals surface area contributed by atoms with Gasteiger partial charge in [0.25, 0.3) is 5.69 Å². The van der Waals surface area contributed by atoms with Crippen LogP contribution in [0.5, 0.6) is 0 Å². The van der Waals surface area contributed by atoms with Crippen molar-refractivity contribution in [3.8, 4) is 0 Å². The van der Waals surface area contributed by atoms with Crippen molar-refractivity contribution >= 4 is 21.6 Å². The molecule has 0 unspecified atom stereocenters. The van der Waals surface area contributed by atoms with E-state index in [0.717, 1.165) is 6.07 Å². The third-order valence-electron chi connectivity index (χ3n) is 2.36. The zero-order chi connectivity index (χ0) is 14.8. The predicted molar refractivity (Wildman–Crippen MR) is 60.5 cm³/mol. The molecule has 0 bridgehead atoms. The van der Waals surface area contributed by atoms with E-state index in [1.807, 2.05) is 0 Å². The maximum atomic E-state index is 13.3. The van der Waals surface area contributed by atoms with Crippen molar-refractivity contribution in [1.82, 2.24) is 0 Å². The molecule has 0 amide bonds. The quantitative estimate of drug-likeness (QED) is 0.355. The number of hydrogen-bond donors (Lipinski definition) is 0. The number of non-ortho nitro benzene ring substituents is 1. The third kappa shape index (κ3) is 3.20. The van der Waals surface area contributed by atoms with Gasteiger partial charge in [-0.25, -0.2) is 0 Å². The van der Waals surface area contributed by atoms with Crippen molar-refractivity contribution in [2.75, 3.05) is 5.33 Å². The molecule has 0 aliphatic rings. The lowest BCUT2D eigenvalue weighted by atomic mass is 9.98. The number of nitro benzene ring substituents is 1. The van der Waals surface area contributed by atoms with Crippen molar-refractivity contribution in [1.29, 1.82) is 0 Å². The summed E-state index contributed by atoms with van der Waals surface area (Å²) in [5, 5.41) is 10.6. The second-order valence-corrected chi connectivity index (χ2v) is 4.40. The fourth-order valence-electron chi connectivity index (χ4n) is 1.46. The van der Waals surface area contributed by atoms with Gasteiger partial charge in [-0.15, -0.1) is 0 Å². The van der Waals surface area contributed by atoms with E-state index in [1.165, 1.54) is 0 Å². The summed E-state index contributed by atoms with van der Waals surface area (Å²) in [4.78, 5) is 9.65. The Morgan fingerprint density at radius 3 is 2.21 bits per heavy atom. The molecule has 0 heterocycles. The van der Waals surface area contributed by atoms with Crippen LogP contribution in [0.3, 0.4) is 0 Å². The summed E-state index contributed by atoms with van der Waals surface area (Å²) in [5.74, 6) is -5.04. The second-order valence-electron chi connectivity index (χ2n) is 3.61. The average molecular weight is 348 g/mol. The summed E-state index contributed by atoms with van der Waals surface area (Å²) >= 11 is 2.90. The number of halogens is 6. The Morgan fingerprint density at radius 2 is 1.79 bits per heavy atom. The Bertz CT molecular complexity index is 489. The Morgan fingerprint density at radius 1 is 1.21 bits per heavy atom. The highest BCUT2D eigenvalue weighted by Gasteiger charge is 2.59. The first-order valence-electron chi connectivity index (χ1n) is 4.89. The summed E-state index contributed by atoms with van der Waals surface area (Å²) < 4.78 is 63.4. The highest BCUT2D eigenvalue weighted by Crippen LogP contribution is 2.45. The molecule has 1 aromatic carbocycles. The molecule has 0 aromatic heterocycles. The van der Waals surface area contributed by atoms with E-state index in [-0.39, 0.29) is 11.8 Å². The van der Waals surface area contributed by atoms with Crippen LogP contribution < -0.4 is 0 Å². The van der Waals surface area contributed by atoms with Gasteiger partial charge in [-0.3, -0.25) is 10.1 Å². The lowest BCUT2D eigenvalue weighted by Gasteiger charge is -2.22. The van der Waals surface area contributed by atoms with Crippen molar-refractivity contribution in [2.45, 2.75) is 18.5 Å². The van der Waals surface area contributed by atoms with E-state index in [2.05, 4.69) is 15.9 Å². The SMILES string of the molecule is O=[N+]([O-])c1ccc(C(F)(F)C(F)(F)F)c(CCBr)c1. The number of aryl methyl sites for hydroxylation is 1. The summed E-state index contributed by atoms with van der Waals surface area (Å²) in [5.41, 5.74) is -2.20. The van der Waals surface area contributed by atoms with E-state index < -0.39 is 33.8 Å². The molecule has 19 heavy (non-hydrogen) atoms. The first-order valence-corrected chi connectivity index (χ1v) is 6.01. The van der Waals surface area contributed by atoms with Crippen LogP contribution in [0, 0.1) is 10.1 Å². The zero-order valence-corrected chi connectivity index (χ0v) is 10.8. The molecule has 0 aliphatic heterocycles. The maximum Gasteiger partial charge on any atom is 0.458 e. The van der Waals surface area contributed by atoms with Crippen LogP contribution in [0.4, 0.5) is 27.6 Å². The van der Waals surface area contributed by atoms with E-state index in [4.69, 9.17) is 0 Å². The predicted octanol–water partition coefficient (Wildman–Crippen LogP) is 4.19. The largest absolute Gasteiger partial charge is 0.458 e. The van der Waals surface area contributed by atoms with Gasteiger partial charge in [0.1, 0.15) is 0 Å². The van der Waals surface area contributed by atoms with Crippen LogP contribution >= 0.6 is 15.9 Å². The van der Waals surface area contributed by atoms with Gasteiger partial charge < -0.3 is 0 Å². The highest BCUT2D eigenvalue weighted by atomic mass is 79.9. The van der Waals surface area contributed by atoms with Gasteiger partial charge in [0, 0.05) is 23.0 Å². The molecule has 9 heteroatoms. The van der Waals surface area contributed by atoms with Crippen LogP contribution in [-0.4, -0.2) is 16.4 Å². The van der Waals surface area contributed by atoms with Gasteiger partial charge in [-0.1, -0.05) is 15.9 Å². The fourth-order valence-corrected chi connectivity index (χ4v) is 1.89. The first kappa shape index (κ1) is 15.8. The van der Waals surface area contributed by atoms with Crippen LogP contribution in [0.25, 0.3) is 0 Å². The van der Waals surface area contributed by atoms with Crippen LogP contribution in [0.2, 0.25) is 0 Å². The minimum atomic E-state index is -5.75. The van der Waals surface area contributed by atoms with Gasteiger partial charge >= 0.3 is 12.1 Å². The molecule has 0 fully saturated rings. The molecule has 1 aromatic rings. The number of nitrogens with zero attached hydrogens (tertiary/aromatic N) is 1. The van der Waals surface area contributed by atoms with Gasteiger partial charge in [-0.05, 0) is 18.1 Å². The van der Waals surface area contributed by atoms with E-state index in [1.54, 1.807) is 0 Å². The molecule has 0 saturated carbocycles. The van der Waals surface area contributed by atoms with Crippen molar-refractivity contribution in [3.63, 3.8) is 0 Å². The molecule has 0 aliphatic carbocycles. The zero-order valence-electron chi connectivity index (χ0n) is 9.18. The standard InChI is InChI=1S/C10H7BrF5NO2/c11-4-3-6-5-7(17(18)19)1-2-8(6)9(12,13)10(14,15)16/h1-2,5H,3-4H2. The molecule has 0 saturated heterocycles. The van der Waals surface area contributed by atoms with E-state index >= 15 is 0 Å². The first-order chi connectivity index (χ1) is 8.61. The van der Waals surface area contributed by atoms with Gasteiger partial charge in [-0.2, -0.15) is 22.0 Å². The number of benzene rings is 1. The van der Waals surface area contributed by atoms with Crippen molar-refractivity contribution in [3.05, 3.63) is 39.4 Å². The minimum absolute atomic E-state index is 0.106. The number of nitro groups is 1. The smallest absolute Gasteiger partial charge is 0.258 e. The normalized spacial score (nSPS) is 12.5. The van der Waals surface area contributed by atoms with Gasteiger partial charge in [0.15, 0.2) is 0 Å². The lowest BCUT2D eigenvalue weighted by Crippen LogP contribution is -2.34. The summed E-state index contributed by atoms with van der Waals surface area (Å²) in [6.45, 7) is 0. The summed E-state index contributed by atoms with van der Waals surface area (Å²) in [6, 6.07) is 1.81. The van der Waals surface area contributed by atoms with Crippen LogP contribution in [0.15, 0.2) is 18.2 Å². The Kier molecular flexibility index (Phi) is 4.49. The highest BCUT2D eigenvalue weighted by molar-refractivity contribution is 9.09. The summed E-state index contributed by atoms with van der Waals surface area (Å²) in [7, 11) is 0. The van der Waals surface area contributed by atoms with Crippen molar-refractivity contribution in [2.24, 2.45) is 0 Å². The Labute approximate surface area is 112 Å². The fraction of sp³-hybridized carbons (Fsp3) is 0.400. The molecular formula is C10H7BrF5NO2. The molecule has 1 rings (SSSR count). The van der Waals surface area contributed by atoms with Crippen molar-refractivity contribution < 1.29 is 26.9 Å². The molecular weight excluding hydrogens is 341 g/mol. The maximum absolute atomic E-state index is 13.3. The Hall–Kier alpha value is -1.25. The minimum Gasteiger partial charge on any atom is -0.258 e. The topological polar surface area (TPSA) is 43.1 Å². The average Bonchev–Trinajstić information content (AvgIpc) is 2.27. The van der Waals surface area contributed by atoms with Gasteiger partial charge in [0.05, 0.1) is 4.92 Å². The monoisotopic (exact) mass is 347 g/mol. The number of hydrogen-bond acceptors (Lipinski definition) is 2. The molecule has 3 nitrogen and oxygen atoms in total. The second kappa shape index (κ2) is 5.40. The van der Waals surface area contributed by atoms with Crippen LogP contribution in [0.1, 0.15) is 11.1 Å². The number of alkyl halides is 6. The molecule has 0 atom stereocenters. The Balaban J connectivity index is 3.39. The molecule has 0 spiro atoms. The summed E-state index contributed by atoms with van der Waals surface area (Å²) in [6.07, 6.45) is -5.92. The third-order valence-corrected chi connectivity index (χ3v) is 2.75. The lowest BCUT2D eigenvalue weighted by molar-refractivity contribution is -0.385. The molecule has 0 N–H and O–H groups in total.